The standard InChI is InChI=1S/C16H21N3O2/c1-14(2)7-12(21)18-13(14)10(8-20)11-6-15(3,4)16(5,9-17)19-11/h6,8,19H,7H2,1-5H3,(H,18,21)/b13-10-. The summed E-state index contributed by atoms with van der Waals surface area (Å²) in [5, 5.41) is 15.4. The lowest BCUT2D eigenvalue weighted by atomic mass is 9.76. The first-order valence-electron chi connectivity index (χ1n) is 6.99. The van der Waals surface area contributed by atoms with Crippen LogP contribution in [0.15, 0.2) is 23.0 Å². The molecule has 0 radical (unpaired) electrons. The summed E-state index contributed by atoms with van der Waals surface area (Å²) in [5.41, 5.74) is 0.0512. The second-order valence-electron chi connectivity index (χ2n) is 7.16. The lowest BCUT2D eigenvalue weighted by molar-refractivity contribution is -0.119. The van der Waals surface area contributed by atoms with Gasteiger partial charge in [-0.2, -0.15) is 5.26 Å². The largest absolute Gasteiger partial charge is 0.366 e. The number of allylic oxidation sites excluding steroid dienone is 2. The maximum atomic E-state index is 11.7. The Balaban J connectivity index is 2.54. The fraction of sp³-hybridized carbons (Fsp3) is 0.562. The molecule has 1 amide bonds. The summed E-state index contributed by atoms with van der Waals surface area (Å²) < 4.78 is 0. The smallest absolute Gasteiger partial charge is 0.225 e. The molecule has 21 heavy (non-hydrogen) atoms. The fourth-order valence-corrected chi connectivity index (χ4v) is 2.82. The molecule has 0 saturated carbocycles. The summed E-state index contributed by atoms with van der Waals surface area (Å²) in [6.07, 6.45) is 3.00. The summed E-state index contributed by atoms with van der Waals surface area (Å²) in [7, 11) is 0. The van der Waals surface area contributed by atoms with Crippen LogP contribution in [-0.2, 0) is 9.59 Å². The van der Waals surface area contributed by atoms with E-state index in [0.29, 0.717) is 23.4 Å². The Hall–Kier alpha value is -2.09. The van der Waals surface area contributed by atoms with Crippen LogP contribution in [0.3, 0.4) is 0 Å². The number of rotatable bonds is 2. The number of carbonyl (C=O) groups is 2. The number of nitrogens with zero attached hydrogens (tertiary/aromatic N) is 1. The van der Waals surface area contributed by atoms with Gasteiger partial charge in [-0.1, -0.05) is 33.8 Å². The van der Waals surface area contributed by atoms with Gasteiger partial charge in [0, 0.05) is 28.6 Å². The van der Waals surface area contributed by atoms with E-state index in [1.54, 1.807) is 0 Å². The van der Waals surface area contributed by atoms with E-state index < -0.39 is 16.4 Å². The predicted molar refractivity (Wildman–Crippen MR) is 78.6 cm³/mol. The average Bonchev–Trinajstić information content (AvgIpc) is 2.75. The monoisotopic (exact) mass is 287 g/mol. The van der Waals surface area contributed by atoms with Crippen LogP contribution < -0.4 is 10.6 Å². The minimum Gasteiger partial charge on any atom is -0.366 e. The van der Waals surface area contributed by atoms with Gasteiger partial charge >= 0.3 is 0 Å². The quantitative estimate of drug-likeness (QED) is 0.599. The molecule has 0 aromatic carbocycles. The molecule has 1 saturated heterocycles. The Morgan fingerprint density at radius 3 is 2.33 bits per heavy atom. The highest BCUT2D eigenvalue weighted by molar-refractivity contribution is 5.89. The van der Waals surface area contributed by atoms with Gasteiger partial charge in [-0.3, -0.25) is 9.59 Å². The molecule has 0 aromatic heterocycles. The molecule has 2 heterocycles. The first kappa shape index (κ1) is 15.3. The van der Waals surface area contributed by atoms with Crippen LogP contribution in [0.1, 0.15) is 41.0 Å². The van der Waals surface area contributed by atoms with Crippen molar-refractivity contribution in [2.24, 2.45) is 10.8 Å². The Morgan fingerprint density at radius 2 is 1.95 bits per heavy atom. The zero-order chi connectivity index (χ0) is 16.1. The molecule has 5 nitrogen and oxygen atoms in total. The van der Waals surface area contributed by atoms with Gasteiger partial charge in [0.1, 0.15) is 5.54 Å². The third kappa shape index (κ3) is 2.25. The van der Waals surface area contributed by atoms with Crippen molar-refractivity contribution >= 4 is 12.2 Å². The number of hydrogen-bond acceptors (Lipinski definition) is 4. The molecule has 1 atom stereocenters. The van der Waals surface area contributed by atoms with Gasteiger partial charge in [0.15, 0.2) is 6.29 Å². The summed E-state index contributed by atoms with van der Waals surface area (Å²) in [6.45, 7) is 9.55. The molecular formula is C16H21N3O2. The van der Waals surface area contributed by atoms with E-state index in [-0.39, 0.29) is 5.91 Å². The van der Waals surface area contributed by atoms with E-state index in [0.717, 1.165) is 6.29 Å². The third-order valence-electron chi connectivity index (χ3n) is 4.62. The molecule has 1 unspecified atom stereocenters. The van der Waals surface area contributed by atoms with Gasteiger partial charge < -0.3 is 10.6 Å². The summed E-state index contributed by atoms with van der Waals surface area (Å²) in [4.78, 5) is 23.3. The first-order valence-corrected chi connectivity index (χ1v) is 6.99. The topological polar surface area (TPSA) is 82.0 Å². The van der Waals surface area contributed by atoms with E-state index in [2.05, 4.69) is 16.7 Å². The highest BCUT2D eigenvalue weighted by atomic mass is 16.2. The van der Waals surface area contributed by atoms with Crippen LogP contribution in [0.25, 0.3) is 0 Å². The molecule has 2 aliphatic rings. The van der Waals surface area contributed by atoms with Crippen molar-refractivity contribution in [1.29, 1.82) is 5.26 Å². The van der Waals surface area contributed by atoms with Crippen LogP contribution in [-0.4, -0.2) is 17.7 Å². The average molecular weight is 287 g/mol. The van der Waals surface area contributed by atoms with Gasteiger partial charge in [-0.25, -0.2) is 0 Å². The molecule has 0 aliphatic carbocycles. The van der Waals surface area contributed by atoms with E-state index in [1.807, 2.05) is 40.7 Å². The molecular weight excluding hydrogens is 266 g/mol. The van der Waals surface area contributed by atoms with Crippen molar-refractivity contribution in [1.82, 2.24) is 10.6 Å². The molecule has 2 N–H and O–H groups in total. The zero-order valence-corrected chi connectivity index (χ0v) is 13.1. The Bertz CT molecular complexity index is 620. The number of aldehydes is 1. The Labute approximate surface area is 125 Å². The van der Waals surface area contributed by atoms with Gasteiger partial charge in [-0.05, 0) is 6.92 Å². The molecule has 0 bridgehead atoms. The lowest BCUT2D eigenvalue weighted by Gasteiger charge is -2.31. The number of nitriles is 1. The first-order chi connectivity index (χ1) is 9.56. The zero-order valence-electron chi connectivity index (χ0n) is 13.1. The molecule has 0 spiro atoms. The van der Waals surface area contributed by atoms with Gasteiger partial charge in [0.2, 0.25) is 5.91 Å². The SMILES string of the molecule is CC1(C)CC(=O)N/C1=C(/C=O)C1=CC(C)(C)C(C)(C#N)N1. The normalized spacial score (nSPS) is 31.8. The minimum atomic E-state index is -0.788. The summed E-state index contributed by atoms with van der Waals surface area (Å²) >= 11 is 0. The summed E-state index contributed by atoms with van der Waals surface area (Å²) in [5.74, 6) is -0.0877. The van der Waals surface area contributed by atoms with E-state index in [9.17, 15) is 14.9 Å². The number of hydrogen-bond donors (Lipinski definition) is 2. The van der Waals surface area contributed by atoms with E-state index in [4.69, 9.17) is 0 Å². The van der Waals surface area contributed by atoms with Crippen LogP contribution in [0.5, 0.6) is 0 Å². The van der Waals surface area contributed by atoms with Gasteiger partial charge in [0.05, 0.1) is 11.6 Å². The highest BCUT2D eigenvalue weighted by Crippen LogP contribution is 2.43. The van der Waals surface area contributed by atoms with Crippen LogP contribution in [0.2, 0.25) is 0 Å². The molecule has 2 aliphatic heterocycles. The predicted octanol–water partition coefficient (Wildman–Crippen LogP) is 1.78. The van der Waals surface area contributed by atoms with Crippen molar-refractivity contribution in [3.05, 3.63) is 23.0 Å². The van der Waals surface area contributed by atoms with Gasteiger partial charge in [0.25, 0.3) is 0 Å². The second-order valence-corrected chi connectivity index (χ2v) is 7.16. The van der Waals surface area contributed by atoms with Crippen LogP contribution >= 0.6 is 0 Å². The lowest BCUT2D eigenvalue weighted by Crippen LogP contribution is -2.46. The number of nitrogens with one attached hydrogen (secondary N) is 2. The molecule has 112 valence electrons. The number of carbonyl (C=O) groups excluding carboxylic acids is 2. The van der Waals surface area contributed by atoms with Crippen molar-refractivity contribution < 1.29 is 9.59 Å². The van der Waals surface area contributed by atoms with Crippen LogP contribution in [0, 0.1) is 22.2 Å². The molecule has 5 heteroatoms. The van der Waals surface area contributed by atoms with Crippen molar-refractivity contribution in [2.45, 2.75) is 46.6 Å². The Morgan fingerprint density at radius 1 is 1.33 bits per heavy atom. The summed E-state index contributed by atoms with van der Waals surface area (Å²) in [6, 6.07) is 2.27. The molecule has 2 rings (SSSR count). The second kappa shape index (κ2) is 4.45. The molecule has 1 fully saturated rings. The maximum Gasteiger partial charge on any atom is 0.225 e. The van der Waals surface area contributed by atoms with Crippen LogP contribution in [0.4, 0.5) is 0 Å². The minimum absolute atomic E-state index is 0.0877. The van der Waals surface area contributed by atoms with E-state index >= 15 is 0 Å². The fourth-order valence-electron chi connectivity index (χ4n) is 2.82. The Kier molecular flexibility index (Phi) is 3.25. The van der Waals surface area contributed by atoms with Crippen molar-refractivity contribution in [2.75, 3.05) is 0 Å². The third-order valence-corrected chi connectivity index (χ3v) is 4.62. The van der Waals surface area contributed by atoms with Crippen molar-refractivity contribution in [3.8, 4) is 6.07 Å². The molecule has 0 aromatic rings. The van der Waals surface area contributed by atoms with Crippen molar-refractivity contribution in [3.63, 3.8) is 0 Å². The highest BCUT2D eigenvalue weighted by Gasteiger charge is 2.47. The van der Waals surface area contributed by atoms with E-state index in [1.165, 1.54) is 0 Å². The maximum absolute atomic E-state index is 11.7. The van der Waals surface area contributed by atoms with Gasteiger partial charge in [-0.15, -0.1) is 0 Å². The number of amides is 1.